The zero-order valence-electron chi connectivity index (χ0n) is 17.6. The van der Waals surface area contributed by atoms with Gasteiger partial charge in [0.1, 0.15) is 14.1 Å². The lowest BCUT2D eigenvalue weighted by molar-refractivity contribution is -2.00. The Bertz CT molecular complexity index is 1060. The number of hydrogen-bond acceptors (Lipinski definition) is 5. The van der Waals surface area contributed by atoms with Gasteiger partial charge in [-0.25, -0.2) is 23.2 Å². The van der Waals surface area contributed by atoms with Crippen LogP contribution in [0, 0.1) is 10.2 Å². The Hall–Kier alpha value is -2.71. The number of hydrogen-bond donors (Lipinski definition) is 0. The van der Waals surface area contributed by atoms with Crippen molar-refractivity contribution in [1.82, 2.24) is 0 Å². The van der Waals surface area contributed by atoms with E-state index in [1.165, 1.54) is 37.8 Å². The van der Waals surface area contributed by atoms with Crippen molar-refractivity contribution < 1.29 is 33.5 Å². The molecule has 5 nitrogen and oxygen atoms in total. The summed E-state index contributed by atoms with van der Waals surface area (Å²) in [6.45, 7) is 0. The van der Waals surface area contributed by atoms with E-state index in [1.54, 1.807) is 0 Å². The van der Waals surface area contributed by atoms with Gasteiger partial charge in [0, 0.05) is 22.0 Å². The molecular weight excluding hydrogens is 446 g/mol. The molecule has 4 rings (SSSR count). The first-order chi connectivity index (χ1) is 15.2. The van der Waals surface area contributed by atoms with Crippen LogP contribution in [0.2, 0.25) is 0 Å². The number of allylic oxidation sites excluding steroid dienone is 8. The third-order valence-electron chi connectivity index (χ3n) is 4.63. The van der Waals surface area contributed by atoms with Crippen molar-refractivity contribution in [2.24, 2.45) is 0 Å². The zero-order valence-corrected chi connectivity index (χ0v) is 19.2. The first-order valence-electron chi connectivity index (χ1n) is 9.69. The molecule has 0 spiro atoms. The van der Waals surface area contributed by atoms with Gasteiger partial charge >= 0.3 is 0 Å². The summed E-state index contributed by atoms with van der Waals surface area (Å²) in [7, 11) is -0.805. The van der Waals surface area contributed by atoms with Crippen LogP contribution in [0.4, 0.5) is 0 Å². The van der Waals surface area contributed by atoms with Gasteiger partial charge in [0.2, 0.25) is 0 Å². The maximum absolute atomic E-state index is 8.49. The third kappa shape index (κ3) is 7.17. The fraction of sp³-hybridized carbons (Fsp3) is 0.0800. The van der Waals surface area contributed by atoms with Crippen LogP contribution >= 0.6 is 11.8 Å². The number of benzene rings is 2. The van der Waals surface area contributed by atoms with E-state index in [2.05, 4.69) is 116 Å². The van der Waals surface area contributed by atoms with Crippen LogP contribution in [0.5, 0.6) is 0 Å². The number of rotatable bonds is 2. The molecule has 1 aliphatic heterocycles. The summed E-state index contributed by atoms with van der Waals surface area (Å²) in [5.74, 6) is 0. The van der Waals surface area contributed by atoms with Crippen molar-refractivity contribution in [3.8, 4) is 0 Å². The van der Waals surface area contributed by atoms with Crippen molar-refractivity contribution >= 4 is 27.3 Å². The molecule has 164 valence electrons. The molecule has 0 amide bonds. The minimum absolute atomic E-state index is 1.21. The van der Waals surface area contributed by atoms with E-state index >= 15 is 0 Å². The fourth-order valence-corrected chi connectivity index (χ4v) is 4.23. The van der Waals surface area contributed by atoms with Crippen LogP contribution in [0.1, 0.15) is 11.1 Å². The smallest absolute Gasteiger partial charge is 0.199 e. The predicted molar refractivity (Wildman–Crippen MR) is 119 cm³/mol. The van der Waals surface area contributed by atoms with E-state index in [9.17, 15) is 0 Å². The molecule has 0 radical (unpaired) electrons. The summed E-state index contributed by atoms with van der Waals surface area (Å²) in [4.78, 5) is 2.56. The number of halogens is 1. The highest BCUT2D eigenvalue weighted by molar-refractivity contribution is 8.16. The van der Waals surface area contributed by atoms with Crippen molar-refractivity contribution in [2.45, 2.75) is 0 Å². The molecule has 1 heterocycles. The van der Waals surface area contributed by atoms with E-state index in [1.807, 2.05) is 11.8 Å². The highest BCUT2D eigenvalue weighted by Crippen LogP contribution is 2.44. The molecule has 2 aromatic rings. The summed E-state index contributed by atoms with van der Waals surface area (Å²) in [6, 6.07) is 21.3. The van der Waals surface area contributed by atoms with E-state index in [-0.39, 0.29) is 0 Å². The van der Waals surface area contributed by atoms with Gasteiger partial charge in [-0.05, 0) is 46.6 Å². The monoisotopic (exact) mass is 467 g/mol. The lowest BCUT2D eigenvalue weighted by Crippen LogP contribution is -2.68. The van der Waals surface area contributed by atoms with Crippen molar-refractivity contribution in [1.29, 1.82) is 0 Å². The second-order valence-corrected chi connectivity index (χ2v) is 8.97. The van der Waals surface area contributed by atoms with Gasteiger partial charge in [-0.3, -0.25) is 0 Å². The largest absolute Gasteiger partial charge is 0.235 e. The summed E-state index contributed by atoms with van der Waals surface area (Å²) >= 11 is 1.84. The molecule has 0 atom stereocenters. The Labute approximate surface area is 194 Å². The predicted octanol–water partition coefficient (Wildman–Crippen LogP) is 1.20. The summed E-state index contributed by atoms with van der Waals surface area (Å²) < 4.78 is 36.1. The molecule has 0 N–H and O–H groups in total. The van der Waals surface area contributed by atoms with Gasteiger partial charge in [-0.15, -0.1) is 10.2 Å². The van der Waals surface area contributed by atoms with Crippen LogP contribution in [0.3, 0.4) is 0 Å². The molecule has 7 heteroatoms. The first kappa shape index (κ1) is 23.9. The molecule has 0 saturated carbocycles. The Morgan fingerprint density at radius 1 is 0.625 bits per heavy atom. The average Bonchev–Trinajstić information content (AvgIpc) is 2.79. The second kappa shape index (κ2) is 10.7. The lowest BCUT2D eigenvalue weighted by atomic mass is 9.99. The van der Waals surface area contributed by atoms with Crippen LogP contribution in [0.25, 0.3) is 9.81 Å². The molecule has 0 saturated heterocycles. The van der Waals surface area contributed by atoms with Crippen molar-refractivity contribution in [3.63, 3.8) is 0 Å². The normalized spacial score (nSPS) is 15.6. The van der Waals surface area contributed by atoms with Gasteiger partial charge in [-0.2, -0.15) is 0 Å². The maximum atomic E-state index is 8.49. The molecule has 2 aliphatic rings. The minimum Gasteiger partial charge on any atom is -0.235 e. The van der Waals surface area contributed by atoms with Crippen LogP contribution < -0.4 is 18.6 Å². The minimum atomic E-state index is -4.94. The Kier molecular flexibility index (Phi) is 8.04. The third-order valence-corrected chi connectivity index (χ3v) is 5.77. The Morgan fingerprint density at radius 2 is 1.03 bits per heavy atom. The lowest BCUT2D eigenvalue weighted by Gasteiger charge is -2.18. The number of thioether (sulfide) groups is 1. The van der Waals surface area contributed by atoms with E-state index < -0.39 is 10.2 Å². The highest BCUT2D eigenvalue weighted by Gasteiger charge is 2.16. The standard InChI is InChI=1S/C25H22NS.ClHO4/c1-26(2)23-15-13-19(14-16-23)22-17-24(20-9-5-3-6-10-20)27-25(18-22)21-11-7-4-8-12-21;2-1(3,4)5/h3-18H,1-2H3;(H,2,3,4,5)/q+1;/p-1. The average molecular weight is 468 g/mol. The topological polar surface area (TPSA) is 95.2 Å². The first-order valence-corrected chi connectivity index (χ1v) is 11.7. The SMILES string of the molecule is C[N+](C)=C1C=CC(=C2C=C(c3ccccc3)SC(c3ccccc3)=C2)C=C1.[O-][Cl+3]([O-])([O-])[O-]. The van der Waals surface area contributed by atoms with Crippen LogP contribution in [-0.4, -0.2) is 24.4 Å². The highest BCUT2D eigenvalue weighted by atomic mass is 35.7. The van der Waals surface area contributed by atoms with Crippen LogP contribution in [0.15, 0.2) is 108 Å². The molecule has 1 aliphatic carbocycles. The Morgan fingerprint density at radius 3 is 1.41 bits per heavy atom. The molecule has 0 fully saturated rings. The Balaban J connectivity index is 0.000000523. The van der Waals surface area contributed by atoms with Gasteiger partial charge < -0.3 is 0 Å². The molecule has 32 heavy (non-hydrogen) atoms. The molecule has 2 aromatic carbocycles. The van der Waals surface area contributed by atoms with Gasteiger partial charge in [-0.1, -0.05) is 72.4 Å². The fourth-order valence-electron chi connectivity index (χ4n) is 3.11. The van der Waals surface area contributed by atoms with Crippen molar-refractivity contribution in [3.05, 3.63) is 119 Å². The molecule has 0 aromatic heterocycles. The van der Waals surface area contributed by atoms with E-state index in [4.69, 9.17) is 18.6 Å². The molecule has 0 bridgehead atoms. The van der Waals surface area contributed by atoms with Crippen molar-refractivity contribution in [2.75, 3.05) is 14.1 Å². The van der Waals surface area contributed by atoms with Crippen LogP contribution in [-0.2, 0) is 0 Å². The van der Waals surface area contributed by atoms with E-state index in [0.29, 0.717) is 0 Å². The zero-order chi connectivity index (χ0) is 23.1. The van der Waals surface area contributed by atoms with Gasteiger partial charge in [0.05, 0.1) is 0 Å². The molecular formula is C25H22ClNO4S. The van der Waals surface area contributed by atoms with Gasteiger partial charge in [0.15, 0.2) is 5.71 Å². The summed E-state index contributed by atoms with van der Waals surface area (Å²) in [6.07, 6.45) is 13.4. The second-order valence-electron chi connectivity index (χ2n) is 7.13. The van der Waals surface area contributed by atoms with Gasteiger partial charge in [0.25, 0.3) is 0 Å². The molecule has 0 unspecified atom stereocenters. The quantitative estimate of drug-likeness (QED) is 0.618. The summed E-state index contributed by atoms with van der Waals surface area (Å²) in [5.41, 5.74) is 6.21. The summed E-state index contributed by atoms with van der Waals surface area (Å²) in [5, 5.41) is 0. The maximum Gasteiger partial charge on any atom is 0.199 e. The number of nitrogens with zero attached hydrogens (tertiary/aromatic N) is 1. The van der Waals surface area contributed by atoms with E-state index in [0.717, 1.165) is 0 Å².